The number of halogens is 4. The van der Waals surface area contributed by atoms with E-state index < -0.39 is 11.9 Å². The molecule has 1 amide bonds. The molecule has 0 aliphatic heterocycles. The number of methoxy groups -OCH3 is 1. The number of alkyl halides is 3. The van der Waals surface area contributed by atoms with Gasteiger partial charge in [-0.1, -0.05) is 11.6 Å². The van der Waals surface area contributed by atoms with Crippen LogP contribution in [0.5, 0.6) is 6.01 Å². The Bertz CT molecular complexity index is 1180. The van der Waals surface area contributed by atoms with Crippen LogP contribution in [-0.2, 0) is 13.2 Å². The van der Waals surface area contributed by atoms with E-state index in [0.29, 0.717) is 34.2 Å². The fourth-order valence-electron chi connectivity index (χ4n) is 4.19. The molecule has 176 valence electrons. The van der Waals surface area contributed by atoms with Crippen molar-refractivity contribution in [1.29, 1.82) is 0 Å². The van der Waals surface area contributed by atoms with Gasteiger partial charge in [0.05, 0.1) is 18.8 Å². The maximum absolute atomic E-state index is 13.4. The Hall–Kier alpha value is -3.01. The van der Waals surface area contributed by atoms with E-state index in [0.717, 1.165) is 25.3 Å². The third-order valence-corrected chi connectivity index (χ3v) is 6.03. The molecule has 2 atom stereocenters. The molecule has 33 heavy (non-hydrogen) atoms. The van der Waals surface area contributed by atoms with E-state index in [2.05, 4.69) is 20.6 Å². The molecule has 0 radical (unpaired) electrons. The number of ether oxygens (including phenoxy) is 1. The second-order valence-corrected chi connectivity index (χ2v) is 8.52. The van der Waals surface area contributed by atoms with E-state index in [1.54, 1.807) is 17.7 Å². The van der Waals surface area contributed by atoms with E-state index >= 15 is 0 Å². The zero-order valence-electron chi connectivity index (χ0n) is 18.0. The van der Waals surface area contributed by atoms with E-state index in [1.165, 1.54) is 25.4 Å². The van der Waals surface area contributed by atoms with Gasteiger partial charge in [-0.25, -0.2) is 9.97 Å². The topological polar surface area (TPSA) is 81.1 Å². The summed E-state index contributed by atoms with van der Waals surface area (Å²) < 4.78 is 46.8. The summed E-state index contributed by atoms with van der Waals surface area (Å²) in [6.45, 7) is 0. The van der Waals surface area contributed by atoms with Crippen LogP contribution in [0.4, 0.5) is 18.9 Å². The Morgan fingerprint density at radius 2 is 2.00 bits per heavy atom. The van der Waals surface area contributed by atoms with Crippen LogP contribution in [0.15, 0.2) is 30.5 Å². The van der Waals surface area contributed by atoms with Crippen LogP contribution in [-0.4, -0.2) is 39.6 Å². The lowest BCUT2D eigenvalue weighted by atomic mass is 9.90. The minimum Gasteiger partial charge on any atom is -0.468 e. The first kappa shape index (κ1) is 23.2. The lowest BCUT2D eigenvalue weighted by Crippen LogP contribution is -2.42. The van der Waals surface area contributed by atoms with Gasteiger partial charge >= 0.3 is 6.18 Å². The molecule has 7 nitrogen and oxygen atoms in total. The van der Waals surface area contributed by atoms with Crippen molar-refractivity contribution in [1.82, 2.24) is 19.9 Å². The molecule has 2 aromatic heterocycles. The van der Waals surface area contributed by atoms with Crippen molar-refractivity contribution in [3.8, 4) is 6.01 Å². The molecule has 1 fully saturated rings. The Labute approximate surface area is 193 Å². The van der Waals surface area contributed by atoms with Gasteiger partial charge in [0.25, 0.3) is 11.9 Å². The van der Waals surface area contributed by atoms with Crippen molar-refractivity contribution in [2.24, 2.45) is 7.05 Å². The minimum atomic E-state index is -4.57. The third kappa shape index (κ3) is 5.00. The number of rotatable bonds is 5. The molecule has 3 aromatic rings. The Morgan fingerprint density at radius 1 is 1.24 bits per heavy atom. The van der Waals surface area contributed by atoms with Gasteiger partial charge in [0.2, 0.25) is 0 Å². The molecule has 11 heteroatoms. The van der Waals surface area contributed by atoms with Gasteiger partial charge in [-0.15, -0.1) is 0 Å². The highest BCUT2D eigenvalue weighted by molar-refractivity contribution is 6.31. The van der Waals surface area contributed by atoms with E-state index in [4.69, 9.17) is 16.3 Å². The summed E-state index contributed by atoms with van der Waals surface area (Å²) in [6.07, 6.45) is -0.220. The highest BCUT2D eigenvalue weighted by atomic mass is 35.5. The fraction of sp³-hybridized carbons (Fsp3) is 0.409. The number of nitrogens with zero attached hydrogens (tertiary/aromatic N) is 3. The van der Waals surface area contributed by atoms with Crippen molar-refractivity contribution < 1.29 is 22.7 Å². The molecule has 1 aliphatic rings. The highest BCUT2D eigenvalue weighted by Crippen LogP contribution is 2.35. The molecular weight excluding hydrogens is 459 g/mol. The summed E-state index contributed by atoms with van der Waals surface area (Å²) in [4.78, 5) is 20.5. The zero-order chi connectivity index (χ0) is 23.8. The van der Waals surface area contributed by atoms with Gasteiger partial charge < -0.3 is 15.4 Å². The second kappa shape index (κ2) is 9.09. The number of imidazole rings is 1. The van der Waals surface area contributed by atoms with Crippen LogP contribution in [0.25, 0.3) is 10.9 Å². The maximum Gasteiger partial charge on any atom is 0.433 e. The van der Waals surface area contributed by atoms with Crippen molar-refractivity contribution in [3.63, 3.8) is 0 Å². The summed E-state index contributed by atoms with van der Waals surface area (Å²) >= 11 is 6.09. The predicted molar refractivity (Wildman–Crippen MR) is 119 cm³/mol. The van der Waals surface area contributed by atoms with E-state index in [9.17, 15) is 18.0 Å². The molecular formula is C22H23ClF3N5O2. The Morgan fingerprint density at radius 3 is 2.70 bits per heavy atom. The molecule has 2 N–H and O–H groups in total. The zero-order valence-corrected chi connectivity index (χ0v) is 18.8. The summed E-state index contributed by atoms with van der Waals surface area (Å²) in [5, 5.41) is 7.17. The molecule has 0 saturated heterocycles. The lowest BCUT2D eigenvalue weighted by Gasteiger charge is -2.31. The predicted octanol–water partition coefficient (Wildman–Crippen LogP) is 4.80. The minimum absolute atomic E-state index is 0.129. The van der Waals surface area contributed by atoms with E-state index in [1.807, 2.05) is 0 Å². The quantitative estimate of drug-likeness (QED) is 0.547. The first-order valence-electron chi connectivity index (χ1n) is 10.5. The normalized spacial score (nSPS) is 18.8. The van der Waals surface area contributed by atoms with Crippen LogP contribution >= 0.6 is 11.6 Å². The molecule has 1 aromatic carbocycles. The van der Waals surface area contributed by atoms with Gasteiger partial charge in [0.1, 0.15) is 11.4 Å². The number of amides is 1. The SMILES string of the molecule is COc1ncc(C(=O)N[C@@H]2CCC[C@@H](Nc3cc(C(F)(F)F)nc4ccc(Cl)cc34)C2)n1C. The molecule has 1 saturated carbocycles. The Kier molecular flexibility index (Phi) is 6.38. The average Bonchev–Trinajstić information content (AvgIpc) is 3.14. The number of anilines is 1. The van der Waals surface area contributed by atoms with Gasteiger partial charge in [0, 0.05) is 35.2 Å². The lowest BCUT2D eigenvalue weighted by molar-refractivity contribution is -0.140. The monoisotopic (exact) mass is 481 g/mol. The molecule has 2 heterocycles. The number of fused-ring (bicyclic) bond motifs is 1. The van der Waals surface area contributed by atoms with E-state index in [-0.39, 0.29) is 23.5 Å². The standard InChI is InChI=1S/C22H23ClF3N5O2/c1-31-18(11-27-21(31)33-2)20(32)29-14-5-3-4-13(9-14)28-17-10-19(22(24,25)26)30-16-7-6-12(23)8-15(16)17/h6-8,10-11,13-14H,3-5,9H2,1-2H3,(H,28,30)(H,29,32)/t13-,14-/m1/s1. The average molecular weight is 482 g/mol. The number of benzene rings is 1. The summed E-state index contributed by atoms with van der Waals surface area (Å²) in [5.74, 6) is -0.278. The maximum atomic E-state index is 13.4. The largest absolute Gasteiger partial charge is 0.468 e. The van der Waals surface area contributed by atoms with Gasteiger partial charge in [-0.05, 0) is 49.9 Å². The van der Waals surface area contributed by atoms with Crippen LogP contribution in [0, 0.1) is 0 Å². The third-order valence-electron chi connectivity index (χ3n) is 5.79. The number of hydrogen-bond acceptors (Lipinski definition) is 5. The number of nitrogens with one attached hydrogen (secondary N) is 2. The van der Waals surface area contributed by atoms with Crippen molar-refractivity contribution in [2.45, 2.75) is 43.9 Å². The number of pyridine rings is 1. The molecule has 0 bridgehead atoms. The van der Waals surface area contributed by atoms with Crippen LogP contribution in [0.2, 0.25) is 5.02 Å². The molecule has 4 rings (SSSR count). The first-order valence-corrected chi connectivity index (χ1v) is 10.8. The first-order chi connectivity index (χ1) is 15.7. The number of carbonyl (C=O) groups excluding carboxylic acids is 1. The van der Waals surface area contributed by atoms with Crippen molar-refractivity contribution >= 4 is 34.1 Å². The van der Waals surface area contributed by atoms with Crippen LogP contribution in [0.1, 0.15) is 41.9 Å². The summed E-state index contributed by atoms with van der Waals surface area (Å²) in [6, 6.07) is 5.67. The van der Waals surface area contributed by atoms with Crippen molar-refractivity contribution in [2.75, 3.05) is 12.4 Å². The van der Waals surface area contributed by atoms with Crippen LogP contribution < -0.4 is 15.4 Å². The number of aromatic nitrogens is 3. The molecule has 0 unspecified atom stereocenters. The Balaban J connectivity index is 1.53. The van der Waals surface area contributed by atoms with Gasteiger partial charge in [0.15, 0.2) is 0 Å². The summed E-state index contributed by atoms with van der Waals surface area (Å²) in [7, 11) is 3.16. The van der Waals surface area contributed by atoms with Gasteiger partial charge in [-0.3, -0.25) is 9.36 Å². The molecule has 0 spiro atoms. The second-order valence-electron chi connectivity index (χ2n) is 8.08. The van der Waals surface area contributed by atoms with Gasteiger partial charge in [-0.2, -0.15) is 13.2 Å². The number of hydrogen-bond donors (Lipinski definition) is 2. The number of carbonyl (C=O) groups is 1. The smallest absolute Gasteiger partial charge is 0.433 e. The van der Waals surface area contributed by atoms with Crippen LogP contribution in [0.3, 0.4) is 0 Å². The van der Waals surface area contributed by atoms with Crippen molar-refractivity contribution in [3.05, 3.63) is 46.9 Å². The fourth-order valence-corrected chi connectivity index (χ4v) is 4.36. The summed E-state index contributed by atoms with van der Waals surface area (Å²) in [5.41, 5.74) is -0.0668. The molecule has 1 aliphatic carbocycles. The highest BCUT2D eigenvalue weighted by Gasteiger charge is 2.34.